The van der Waals surface area contributed by atoms with Crippen LogP contribution in [0.2, 0.25) is 0 Å². The van der Waals surface area contributed by atoms with E-state index in [1.54, 1.807) is 0 Å². The first-order valence-corrected chi connectivity index (χ1v) is 8.35. The minimum absolute atomic E-state index is 0.0202. The quantitative estimate of drug-likeness (QED) is 0.895. The van der Waals surface area contributed by atoms with Crippen molar-refractivity contribution in [3.8, 4) is 0 Å². The third kappa shape index (κ3) is 3.03. The van der Waals surface area contributed by atoms with Crippen molar-refractivity contribution < 1.29 is 9.53 Å². The van der Waals surface area contributed by atoms with E-state index in [-0.39, 0.29) is 11.3 Å². The van der Waals surface area contributed by atoms with E-state index in [2.05, 4.69) is 29.6 Å². The van der Waals surface area contributed by atoms with Gasteiger partial charge in [-0.05, 0) is 31.2 Å². The lowest BCUT2D eigenvalue weighted by Gasteiger charge is -2.38. The summed E-state index contributed by atoms with van der Waals surface area (Å²) < 4.78 is 5.54. The number of nitrogens with one attached hydrogen (secondary N) is 1. The van der Waals surface area contributed by atoms with Crippen molar-refractivity contribution in [2.75, 3.05) is 19.8 Å². The van der Waals surface area contributed by atoms with E-state index in [1.807, 2.05) is 6.07 Å². The van der Waals surface area contributed by atoms with Gasteiger partial charge in [0.1, 0.15) is 0 Å². The van der Waals surface area contributed by atoms with Crippen LogP contribution >= 0.6 is 0 Å². The monoisotopic (exact) mass is 302 g/mol. The number of carbonyl (C=O) groups is 1. The molecule has 4 heteroatoms. The first-order valence-electron chi connectivity index (χ1n) is 8.35. The normalized spacial score (nSPS) is 23.1. The third-order valence-electron chi connectivity index (χ3n) is 5.37. The van der Waals surface area contributed by atoms with Crippen LogP contribution in [0.15, 0.2) is 30.3 Å². The smallest absolute Gasteiger partial charge is 0.240 e. The molecule has 4 nitrogen and oxygen atoms in total. The molecule has 1 aliphatic heterocycles. The second kappa shape index (κ2) is 6.39. The molecule has 0 atom stereocenters. The van der Waals surface area contributed by atoms with Gasteiger partial charge in [0.05, 0.1) is 5.54 Å². The van der Waals surface area contributed by atoms with Gasteiger partial charge in [-0.1, -0.05) is 43.2 Å². The molecule has 1 saturated carbocycles. The fourth-order valence-corrected chi connectivity index (χ4v) is 3.78. The van der Waals surface area contributed by atoms with Crippen molar-refractivity contribution in [3.63, 3.8) is 0 Å². The van der Waals surface area contributed by atoms with Crippen LogP contribution in [0, 0.1) is 0 Å². The van der Waals surface area contributed by atoms with Gasteiger partial charge in [-0.25, -0.2) is 0 Å². The van der Waals surface area contributed by atoms with Gasteiger partial charge in [0.25, 0.3) is 0 Å². The van der Waals surface area contributed by atoms with Gasteiger partial charge in [0, 0.05) is 25.2 Å². The Morgan fingerprint density at radius 2 is 1.73 bits per heavy atom. The molecule has 3 N–H and O–H groups in total. The molecule has 1 amide bonds. The van der Waals surface area contributed by atoms with E-state index in [9.17, 15) is 4.79 Å². The zero-order valence-corrected chi connectivity index (χ0v) is 13.1. The van der Waals surface area contributed by atoms with Gasteiger partial charge in [0.15, 0.2) is 0 Å². The summed E-state index contributed by atoms with van der Waals surface area (Å²) in [6.45, 7) is 2.15. The fraction of sp³-hybridized carbons (Fsp3) is 0.611. The third-order valence-corrected chi connectivity index (χ3v) is 5.37. The van der Waals surface area contributed by atoms with Crippen LogP contribution in [-0.4, -0.2) is 31.2 Å². The van der Waals surface area contributed by atoms with Gasteiger partial charge >= 0.3 is 0 Å². The number of benzene rings is 1. The van der Waals surface area contributed by atoms with Crippen molar-refractivity contribution in [2.45, 2.75) is 49.5 Å². The van der Waals surface area contributed by atoms with Crippen LogP contribution in [0.25, 0.3) is 0 Å². The largest absolute Gasteiger partial charge is 0.381 e. The predicted molar refractivity (Wildman–Crippen MR) is 86.6 cm³/mol. The molecule has 0 radical (unpaired) electrons. The zero-order chi connectivity index (χ0) is 15.5. The van der Waals surface area contributed by atoms with Crippen molar-refractivity contribution >= 4 is 5.91 Å². The highest BCUT2D eigenvalue weighted by Gasteiger charge is 2.40. The molecule has 22 heavy (non-hydrogen) atoms. The molecule has 1 heterocycles. The summed E-state index contributed by atoms with van der Waals surface area (Å²) >= 11 is 0. The summed E-state index contributed by atoms with van der Waals surface area (Å²) in [5.74, 6) is 0.0202. The Hall–Kier alpha value is -1.39. The Morgan fingerprint density at radius 1 is 1.09 bits per heavy atom. The Kier molecular flexibility index (Phi) is 4.50. The van der Waals surface area contributed by atoms with Gasteiger partial charge < -0.3 is 15.8 Å². The maximum atomic E-state index is 12.5. The first kappa shape index (κ1) is 15.5. The zero-order valence-electron chi connectivity index (χ0n) is 13.1. The average Bonchev–Trinajstić information content (AvgIpc) is 3.02. The highest BCUT2D eigenvalue weighted by Crippen LogP contribution is 2.35. The Labute approximate surface area is 132 Å². The lowest BCUT2D eigenvalue weighted by molar-refractivity contribution is -0.126. The van der Waals surface area contributed by atoms with Crippen molar-refractivity contribution in [2.24, 2.45) is 5.73 Å². The van der Waals surface area contributed by atoms with E-state index in [0.717, 1.165) is 51.7 Å². The number of hydrogen-bond acceptors (Lipinski definition) is 3. The minimum Gasteiger partial charge on any atom is -0.381 e. The molecular formula is C18H26N2O2. The summed E-state index contributed by atoms with van der Waals surface area (Å²) in [7, 11) is 0. The van der Waals surface area contributed by atoms with Crippen LogP contribution < -0.4 is 11.1 Å². The van der Waals surface area contributed by atoms with E-state index < -0.39 is 5.54 Å². The van der Waals surface area contributed by atoms with E-state index in [0.29, 0.717) is 6.54 Å². The van der Waals surface area contributed by atoms with Crippen LogP contribution in [0.4, 0.5) is 0 Å². The summed E-state index contributed by atoms with van der Waals surface area (Å²) in [5, 5.41) is 3.15. The number of ether oxygens (including phenoxy) is 1. The summed E-state index contributed by atoms with van der Waals surface area (Å²) in [6, 6.07) is 10.5. The number of hydrogen-bond donors (Lipinski definition) is 2. The fourth-order valence-electron chi connectivity index (χ4n) is 3.78. The second-order valence-electron chi connectivity index (χ2n) is 6.80. The second-order valence-corrected chi connectivity index (χ2v) is 6.80. The van der Waals surface area contributed by atoms with Crippen LogP contribution in [-0.2, 0) is 14.9 Å². The Balaban J connectivity index is 1.72. The van der Waals surface area contributed by atoms with Gasteiger partial charge in [-0.15, -0.1) is 0 Å². The Bertz CT molecular complexity index is 503. The highest BCUT2D eigenvalue weighted by molar-refractivity contribution is 5.86. The van der Waals surface area contributed by atoms with E-state index >= 15 is 0 Å². The molecule has 1 aliphatic carbocycles. The summed E-state index contributed by atoms with van der Waals surface area (Å²) in [6.07, 6.45) is 5.60. The lowest BCUT2D eigenvalue weighted by atomic mass is 9.74. The topological polar surface area (TPSA) is 64.4 Å². The highest BCUT2D eigenvalue weighted by atomic mass is 16.5. The predicted octanol–water partition coefficient (Wildman–Crippen LogP) is 2.12. The van der Waals surface area contributed by atoms with Gasteiger partial charge in [-0.2, -0.15) is 0 Å². The molecule has 120 valence electrons. The molecule has 0 aromatic heterocycles. The molecule has 1 aromatic rings. The molecule has 3 rings (SSSR count). The number of carbonyl (C=O) groups excluding carboxylic acids is 1. The lowest BCUT2D eigenvalue weighted by Crippen LogP contribution is -2.55. The van der Waals surface area contributed by atoms with Crippen molar-refractivity contribution in [3.05, 3.63) is 35.9 Å². The maximum absolute atomic E-state index is 12.5. The van der Waals surface area contributed by atoms with E-state index in [1.165, 1.54) is 5.56 Å². The molecular weight excluding hydrogens is 276 g/mol. The summed E-state index contributed by atoms with van der Waals surface area (Å²) in [4.78, 5) is 12.5. The van der Waals surface area contributed by atoms with Crippen molar-refractivity contribution in [1.82, 2.24) is 5.32 Å². The van der Waals surface area contributed by atoms with Crippen molar-refractivity contribution in [1.29, 1.82) is 0 Å². The van der Waals surface area contributed by atoms with Crippen LogP contribution in [0.3, 0.4) is 0 Å². The van der Waals surface area contributed by atoms with Crippen LogP contribution in [0.5, 0.6) is 0 Å². The molecule has 2 aliphatic rings. The number of nitrogens with two attached hydrogens (primary N) is 1. The maximum Gasteiger partial charge on any atom is 0.240 e. The molecule has 0 bridgehead atoms. The standard InChI is InChI=1S/C18H26N2O2/c19-18(8-4-5-9-18)16(21)20-14-17(10-12-22-13-11-17)15-6-2-1-3-7-15/h1-3,6-7H,4-5,8-14,19H2,(H,20,21). The Morgan fingerprint density at radius 3 is 2.36 bits per heavy atom. The van der Waals surface area contributed by atoms with Gasteiger partial charge in [-0.3, -0.25) is 4.79 Å². The SMILES string of the molecule is NC1(C(=O)NCC2(c3ccccc3)CCOCC2)CCCC1. The average molecular weight is 302 g/mol. The molecule has 1 aromatic carbocycles. The van der Waals surface area contributed by atoms with Crippen LogP contribution in [0.1, 0.15) is 44.1 Å². The molecule has 2 fully saturated rings. The van der Waals surface area contributed by atoms with E-state index in [4.69, 9.17) is 10.5 Å². The molecule has 0 unspecified atom stereocenters. The summed E-state index contributed by atoms with van der Waals surface area (Å²) in [5.41, 5.74) is 6.88. The number of rotatable bonds is 4. The first-order chi connectivity index (χ1) is 10.6. The molecule has 0 spiro atoms. The van der Waals surface area contributed by atoms with Gasteiger partial charge in [0.2, 0.25) is 5.91 Å². The number of amides is 1. The minimum atomic E-state index is -0.650. The molecule has 1 saturated heterocycles.